The predicted octanol–water partition coefficient (Wildman–Crippen LogP) is 2.92. The maximum absolute atomic E-state index is 12.8. The van der Waals surface area contributed by atoms with Crippen molar-refractivity contribution >= 4 is 5.91 Å². The predicted molar refractivity (Wildman–Crippen MR) is 110 cm³/mol. The first-order chi connectivity index (χ1) is 14.5. The number of amides is 1. The summed E-state index contributed by atoms with van der Waals surface area (Å²) in [6.07, 6.45) is 2.06. The zero-order valence-corrected chi connectivity index (χ0v) is 17.4. The van der Waals surface area contributed by atoms with Gasteiger partial charge in [-0.1, -0.05) is 44.2 Å². The summed E-state index contributed by atoms with van der Waals surface area (Å²) in [4.78, 5) is 16.8. The van der Waals surface area contributed by atoms with Gasteiger partial charge in [-0.2, -0.15) is 0 Å². The molecular weight excluding hydrogens is 384 g/mol. The number of fused-ring (bicyclic) bond motifs is 2. The van der Waals surface area contributed by atoms with Gasteiger partial charge in [-0.05, 0) is 12.0 Å². The SMILES string of the molecule is COc1ccnc(C(=O)NC2CC3OC2C(C)C(OCc2ccccc2)C3C)c1O. The number of nitrogens with one attached hydrogen (secondary N) is 1. The van der Waals surface area contributed by atoms with Crippen LogP contribution in [0.2, 0.25) is 0 Å². The summed E-state index contributed by atoms with van der Waals surface area (Å²) in [6, 6.07) is 11.5. The summed E-state index contributed by atoms with van der Waals surface area (Å²) in [5.74, 6) is -0.156. The van der Waals surface area contributed by atoms with Crippen molar-refractivity contribution in [3.05, 3.63) is 53.9 Å². The number of aromatic nitrogens is 1. The number of methoxy groups -OCH3 is 1. The number of hydrogen-bond acceptors (Lipinski definition) is 6. The second kappa shape index (κ2) is 8.62. The molecule has 6 unspecified atom stereocenters. The average Bonchev–Trinajstić information content (AvgIpc) is 3.14. The van der Waals surface area contributed by atoms with Crippen LogP contribution in [0.15, 0.2) is 42.6 Å². The molecular formula is C23H28N2O5. The summed E-state index contributed by atoms with van der Waals surface area (Å²) < 4.78 is 17.6. The van der Waals surface area contributed by atoms with Crippen molar-refractivity contribution in [1.29, 1.82) is 0 Å². The van der Waals surface area contributed by atoms with Crippen molar-refractivity contribution in [2.75, 3.05) is 7.11 Å². The summed E-state index contributed by atoms with van der Waals surface area (Å²) >= 11 is 0. The number of hydrogen-bond donors (Lipinski definition) is 2. The third-order valence-electron chi connectivity index (χ3n) is 6.28. The van der Waals surface area contributed by atoms with Gasteiger partial charge in [0.1, 0.15) is 0 Å². The molecule has 2 fully saturated rings. The fourth-order valence-electron chi connectivity index (χ4n) is 4.66. The molecule has 0 saturated carbocycles. The molecule has 2 saturated heterocycles. The van der Waals surface area contributed by atoms with Crippen LogP contribution in [-0.2, 0) is 16.1 Å². The lowest BCUT2D eigenvalue weighted by molar-refractivity contribution is -0.155. The monoisotopic (exact) mass is 412 g/mol. The number of pyridine rings is 1. The van der Waals surface area contributed by atoms with E-state index in [9.17, 15) is 9.90 Å². The van der Waals surface area contributed by atoms with Crippen LogP contribution in [0.5, 0.6) is 11.5 Å². The normalized spacial score (nSPS) is 30.1. The fourth-order valence-corrected chi connectivity index (χ4v) is 4.66. The van der Waals surface area contributed by atoms with Crippen molar-refractivity contribution in [2.24, 2.45) is 11.8 Å². The summed E-state index contributed by atoms with van der Waals surface area (Å²) in [5.41, 5.74) is 1.09. The molecule has 4 rings (SSSR count). The molecule has 2 N–H and O–H groups in total. The van der Waals surface area contributed by atoms with E-state index in [2.05, 4.69) is 36.3 Å². The van der Waals surface area contributed by atoms with E-state index in [1.54, 1.807) is 0 Å². The highest BCUT2D eigenvalue weighted by Gasteiger charge is 2.51. The molecule has 2 aliphatic heterocycles. The molecule has 1 aromatic carbocycles. The first kappa shape index (κ1) is 20.6. The van der Waals surface area contributed by atoms with E-state index in [4.69, 9.17) is 14.2 Å². The van der Waals surface area contributed by atoms with Crippen molar-refractivity contribution in [3.8, 4) is 11.5 Å². The number of rotatable bonds is 6. The van der Waals surface area contributed by atoms with E-state index in [0.29, 0.717) is 13.0 Å². The molecule has 1 amide bonds. The van der Waals surface area contributed by atoms with Gasteiger partial charge in [0.05, 0.1) is 38.1 Å². The quantitative estimate of drug-likeness (QED) is 0.758. The molecule has 3 heterocycles. The van der Waals surface area contributed by atoms with E-state index < -0.39 is 5.91 Å². The minimum absolute atomic E-state index is 0.0177. The van der Waals surface area contributed by atoms with Crippen LogP contribution in [0, 0.1) is 11.8 Å². The van der Waals surface area contributed by atoms with Crippen molar-refractivity contribution in [1.82, 2.24) is 10.3 Å². The lowest BCUT2D eigenvalue weighted by Gasteiger charge is -2.40. The lowest BCUT2D eigenvalue weighted by Crippen LogP contribution is -2.49. The van der Waals surface area contributed by atoms with Crippen LogP contribution in [0.4, 0.5) is 0 Å². The Labute approximate surface area is 176 Å². The molecule has 30 heavy (non-hydrogen) atoms. The molecule has 0 aliphatic carbocycles. The van der Waals surface area contributed by atoms with Gasteiger partial charge in [0.15, 0.2) is 17.2 Å². The molecule has 1 aromatic heterocycles. The largest absolute Gasteiger partial charge is 0.503 e. The van der Waals surface area contributed by atoms with Crippen LogP contribution in [0.1, 0.15) is 36.3 Å². The maximum atomic E-state index is 12.8. The first-order valence-corrected chi connectivity index (χ1v) is 10.3. The lowest BCUT2D eigenvalue weighted by atomic mass is 9.86. The molecule has 0 radical (unpaired) electrons. The van der Waals surface area contributed by atoms with Crippen LogP contribution in [-0.4, -0.2) is 47.5 Å². The zero-order chi connectivity index (χ0) is 21.3. The van der Waals surface area contributed by atoms with Crippen LogP contribution in [0.25, 0.3) is 0 Å². The fraction of sp³-hybridized carbons (Fsp3) is 0.478. The van der Waals surface area contributed by atoms with Gasteiger partial charge in [-0.25, -0.2) is 4.98 Å². The molecule has 160 valence electrons. The number of carbonyl (C=O) groups is 1. The zero-order valence-electron chi connectivity index (χ0n) is 17.4. The van der Waals surface area contributed by atoms with Gasteiger partial charge in [-0.15, -0.1) is 0 Å². The maximum Gasteiger partial charge on any atom is 0.274 e. The standard InChI is InChI=1S/C23H28N2O5/c1-13-18-11-16(25-23(27)19-20(26)17(28-3)9-10-24-19)22(30-18)14(2)21(13)29-12-15-7-5-4-6-8-15/h4-10,13-14,16,18,21-22,26H,11-12H2,1-3H3,(H,25,27). The van der Waals surface area contributed by atoms with Crippen LogP contribution >= 0.6 is 0 Å². The van der Waals surface area contributed by atoms with Crippen LogP contribution in [0.3, 0.4) is 0 Å². The van der Waals surface area contributed by atoms with Crippen molar-refractivity contribution in [3.63, 3.8) is 0 Å². The second-order valence-electron chi connectivity index (χ2n) is 8.14. The minimum atomic E-state index is -0.436. The Morgan fingerprint density at radius 3 is 2.73 bits per heavy atom. The molecule has 0 spiro atoms. The van der Waals surface area contributed by atoms with E-state index in [1.165, 1.54) is 19.4 Å². The third-order valence-corrected chi connectivity index (χ3v) is 6.28. The molecule has 2 bridgehead atoms. The Morgan fingerprint density at radius 1 is 1.23 bits per heavy atom. The third kappa shape index (κ3) is 3.87. The highest BCUT2D eigenvalue weighted by molar-refractivity contribution is 5.95. The average molecular weight is 412 g/mol. The number of nitrogens with zero attached hydrogens (tertiary/aromatic N) is 1. The summed E-state index contributed by atoms with van der Waals surface area (Å²) in [6.45, 7) is 4.81. The highest BCUT2D eigenvalue weighted by Crippen LogP contribution is 2.42. The highest BCUT2D eigenvalue weighted by atomic mass is 16.5. The molecule has 7 nitrogen and oxygen atoms in total. The van der Waals surface area contributed by atoms with Gasteiger partial charge in [0.25, 0.3) is 5.91 Å². The van der Waals surface area contributed by atoms with E-state index >= 15 is 0 Å². The van der Waals surface area contributed by atoms with Gasteiger partial charge >= 0.3 is 0 Å². The number of carbonyl (C=O) groups excluding carboxylic acids is 1. The first-order valence-electron chi connectivity index (χ1n) is 10.3. The minimum Gasteiger partial charge on any atom is -0.503 e. The number of ether oxygens (including phenoxy) is 3. The topological polar surface area (TPSA) is 89.9 Å². The second-order valence-corrected chi connectivity index (χ2v) is 8.14. The smallest absolute Gasteiger partial charge is 0.274 e. The molecule has 7 heteroatoms. The Morgan fingerprint density at radius 2 is 2.00 bits per heavy atom. The number of aromatic hydroxyl groups is 1. The van der Waals surface area contributed by atoms with Crippen molar-refractivity contribution in [2.45, 2.75) is 51.2 Å². The van der Waals surface area contributed by atoms with E-state index in [-0.39, 0.29) is 53.4 Å². The Bertz CT molecular complexity index is 890. The Kier molecular flexibility index (Phi) is 5.92. The van der Waals surface area contributed by atoms with Gasteiger partial charge in [0, 0.05) is 24.1 Å². The Hall–Kier alpha value is -2.64. The van der Waals surface area contributed by atoms with E-state index in [1.807, 2.05) is 18.2 Å². The molecule has 2 aromatic rings. The molecule has 2 aliphatic rings. The van der Waals surface area contributed by atoms with Gasteiger partial charge < -0.3 is 24.6 Å². The summed E-state index contributed by atoms with van der Waals surface area (Å²) in [5, 5.41) is 13.2. The molecule has 6 atom stereocenters. The van der Waals surface area contributed by atoms with Gasteiger partial charge in [0.2, 0.25) is 0 Å². The van der Waals surface area contributed by atoms with Gasteiger partial charge in [-0.3, -0.25) is 4.79 Å². The van der Waals surface area contributed by atoms with Crippen LogP contribution < -0.4 is 10.1 Å². The van der Waals surface area contributed by atoms with Crippen molar-refractivity contribution < 1.29 is 24.1 Å². The number of benzene rings is 1. The Balaban J connectivity index is 1.44. The van der Waals surface area contributed by atoms with E-state index in [0.717, 1.165) is 5.56 Å². The summed E-state index contributed by atoms with van der Waals surface area (Å²) in [7, 11) is 1.43.